The molecule has 1 N–H and O–H groups in total. The van der Waals surface area contributed by atoms with Crippen molar-refractivity contribution < 1.29 is 33.7 Å². The van der Waals surface area contributed by atoms with Crippen molar-refractivity contribution in [2.45, 2.75) is 258 Å². The van der Waals surface area contributed by atoms with Gasteiger partial charge in [-0.15, -0.1) is 0 Å². The number of carbonyl (C=O) groups is 3. The standard InChI is InChI=1S/C52H99NO7/c1-6-10-14-22-32-46(33-23-15-11-7-2)49(54)58-43-29-20-18-26-38-52(57,40-28-31-45-60-51(56)48-36-41-53(5)42-37-48)39-27-19-21-30-44-59-50(55)47(34-24-16-12-8-3)35-25-17-13-9-4/h46-48,57H,6-45H2,1-5H3. The van der Waals surface area contributed by atoms with Crippen molar-refractivity contribution in [3.05, 3.63) is 0 Å². The van der Waals surface area contributed by atoms with Gasteiger partial charge in [0.15, 0.2) is 0 Å². The first-order valence-electron chi connectivity index (χ1n) is 26.1. The molecule has 354 valence electrons. The lowest BCUT2D eigenvalue weighted by molar-refractivity contribution is -0.150. The topological polar surface area (TPSA) is 102 Å². The van der Waals surface area contributed by atoms with Crippen LogP contribution in [0, 0.1) is 17.8 Å². The zero-order chi connectivity index (χ0) is 43.9. The van der Waals surface area contributed by atoms with Gasteiger partial charge >= 0.3 is 17.9 Å². The van der Waals surface area contributed by atoms with Crippen molar-refractivity contribution >= 4 is 17.9 Å². The van der Waals surface area contributed by atoms with Crippen molar-refractivity contribution in [1.82, 2.24) is 4.90 Å². The number of piperidine rings is 1. The van der Waals surface area contributed by atoms with E-state index in [2.05, 4.69) is 39.6 Å². The van der Waals surface area contributed by atoms with Gasteiger partial charge in [-0.2, -0.15) is 0 Å². The largest absolute Gasteiger partial charge is 0.465 e. The Morgan fingerprint density at radius 3 is 1.18 bits per heavy atom. The highest BCUT2D eigenvalue weighted by molar-refractivity contribution is 5.73. The number of nitrogens with zero attached hydrogens (tertiary/aromatic N) is 1. The van der Waals surface area contributed by atoms with E-state index in [1.807, 2.05) is 0 Å². The fourth-order valence-electron chi connectivity index (χ4n) is 8.90. The highest BCUT2D eigenvalue weighted by Crippen LogP contribution is 2.29. The fourth-order valence-corrected chi connectivity index (χ4v) is 8.90. The lowest BCUT2D eigenvalue weighted by Gasteiger charge is -2.29. The molecule has 0 radical (unpaired) electrons. The Morgan fingerprint density at radius 2 is 0.800 bits per heavy atom. The molecule has 1 heterocycles. The molecule has 0 aliphatic carbocycles. The normalized spacial score (nSPS) is 14.0. The number of esters is 3. The first kappa shape index (κ1) is 56.3. The van der Waals surface area contributed by atoms with E-state index in [1.54, 1.807) is 0 Å². The van der Waals surface area contributed by atoms with Gasteiger partial charge in [-0.05, 0) is 104 Å². The van der Waals surface area contributed by atoms with Crippen LogP contribution < -0.4 is 0 Å². The molecule has 0 saturated carbocycles. The summed E-state index contributed by atoms with van der Waals surface area (Å²) < 4.78 is 17.3. The minimum Gasteiger partial charge on any atom is -0.465 e. The second-order valence-corrected chi connectivity index (χ2v) is 18.9. The summed E-state index contributed by atoms with van der Waals surface area (Å²) in [5, 5.41) is 11.9. The maximum atomic E-state index is 13.0. The number of ether oxygens (including phenoxy) is 3. The summed E-state index contributed by atoms with van der Waals surface area (Å²) in [6.07, 6.45) is 36.0. The average molecular weight is 850 g/mol. The third-order valence-electron chi connectivity index (χ3n) is 13.2. The second kappa shape index (κ2) is 39.0. The number of hydrogen-bond donors (Lipinski definition) is 1. The van der Waals surface area contributed by atoms with E-state index in [0.29, 0.717) is 26.2 Å². The van der Waals surface area contributed by atoms with Gasteiger partial charge in [-0.25, -0.2) is 0 Å². The SMILES string of the molecule is CCCCCCC(CCCCCC)C(=O)OCCCCCCC(O)(CCCCCCOC(=O)C(CCCCCC)CCCCCC)CCCCOC(=O)C1CCN(C)CC1. The van der Waals surface area contributed by atoms with Crippen LogP contribution in [0.4, 0.5) is 0 Å². The molecule has 1 aliphatic rings. The van der Waals surface area contributed by atoms with E-state index < -0.39 is 5.60 Å². The predicted octanol–water partition coefficient (Wildman–Crippen LogP) is 13.9. The summed E-state index contributed by atoms with van der Waals surface area (Å²) in [7, 11) is 2.10. The molecule has 0 atom stereocenters. The Labute approximate surface area is 371 Å². The number of carbonyl (C=O) groups excluding carboxylic acids is 3. The van der Waals surface area contributed by atoms with E-state index in [1.165, 1.54) is 77.0 Å². The maximum absolute atomic E-state index is 13.0. The van der Waals surface area contributed by atoms with Crippen LogP contribution in [-0.2, 0) is 28.6 Å². The van der Waals surface area contributed by atoms with Crippen LogP contribution in [0.3, 0.4) is 0 Å². The summed E-state index contributed by atoms with van der Waals surface area (Å²) in [6, 6.07) is 0. The molecule has 0 spiro atoms. The molecule has 0 bridgehead atoms. The number of aliphatic hydroxyl groups is 1. The molecule has 60 heavy (non-hydrogen) atoms. The molecule has 0 aromatic carbocycles. The van der Waals surface area contributed by atoms with Crippen LogP contribution in [0.1, 0.15) is 252 Å². The van der Waals surface area contributed by atoms with E-state index in [-0.39, 0.29) is 35.7 Å². The minimum absolute atomic E-state index is 0.00682. The Hall–Kier alpha value is -1.67. The van der Waals surface area contributed by atoms with Crippen LogP contribution >= 0.6 is 0 Å². The third-order valence-corrected chi connectivity index (χ3v) is 13.2. The number of hydrogen-bond acceptors (Lipinski definition) is 8. The lowest BCUT2D eigenvalue weighted by Crippen LogP contribution is -2.34. The van der Waals surface area contributed by atoms with Crippen molar-refractivity contribution in [3.63, 3.8) is 0 Å². The molecular formula is C52H99NO7. The monoisotopic (exact) mass is 850 g/mol. The Bertz CT molecular complexity index is 934. The van der Waals surface area contributed by atoms with Gasteiger partial charge in [-0.1, -0.05) is 169 Å². The van der Waals surface area contributed by atoms with E-state index in [0.717, 1.165) is 154 Å². The molecular weight excluding hydrogens is 751 g/mol. The zero-order valence-corrected chi connectivity index (χ0v) is 40.4. The minimum atomic E-state index is -0.734. The van der Waals surface area contributed by atoms with Crippen molar-refractivity contribution in [1.29, 1.82) is 0 Å². The Balaban J connectivity index is 2.53. The molecule has 0 aromatic heterocycles. The Morgan fingerprint density at radius 1 is 0.483 bits per heavy atom. The third kappa shape index (κ3) is 30.4. The van der Waals surface area contributed by atoms with Crippen molar-refractivity contribution in [2.24, 2.45) is 17.8 Å². The Kier molecular flexibility index (Phi) is 36.6. The molecule has 0 unspecified atom stereocenters. The van der Waals surface area contributed by atoms with Crippen LogP contribution in [-0.4, -0.2) is 73.5 Å². The molecule has 1 saturated heterocycles. The van der Waals surface area contributed by atoms with Crippen LogP contribution in [0.2, 0.25) is 0 Å². The van der Waals surface area contributed by atoms with Crippen LogP contribution in [0.25, 0.3) is 0 Å². The number of likely N-dealkylation sites (tertiary alicyclic amines) is 1. The number of unbranched alkanes of at least 4 members (excludes halogenated alkanes) is 19. The molecule has 0 aromatic rings. The quantitative estimate of drug-likeness (QED) is 0.0368. The molecule has 1 fully saturated rings. The van der Waals surface area contributed by atoms with E-state index >= 15 is 0 Å². The predicted molar refractivity (Wildman–Crippen MR) is 250 cm³/mol. The van der Waals surface area contributed by atoms with Crippen LogP contribution in [0.15, 0.2) is 0 Å². The van der Waals surface area contributed by atoms with Crippen LogP contribution in [0.5, 0.6) is 0 Å². The summed E-state index contributed by atoms with van der Waals surface area (Å²) >= 11 is 0. The van der Waals surface area contributed by atoms with Gasteiger partial charge < -0.3 is 24.2 Å². The van der Waals surface area contributed by atoms with Gasteiger partial charge in [0.25, 0.3) is 0 Å². The van der Waals surface area contributed by atoms with Gasteiger partial charge in [0.05, 0.1) is 43.2 Å². The average Bonchev–Trinajstić information content (AvgIpc) is 3.24. The van der Waals surface area contributed by atoms with E-state index in [9.17, 15) is 19.5 Å². The first-order valence-corrected chi connectivity index (χ1v) is 26.1. The fraction of sp³-hybridized carbons (Fsp3) is 0.942. The zero-order valence-electron chi connectivity index (χ0n) is 40.4. The number of rotatable bonds is 42. The second-order valence-electron chi connectivity index (χ2n) is 18.9. The molecule has 1 aliphatic heterocycles. The molecule has 8 nitrogen and oxygen atoms in total. The summed E-state index contributed by atoms with van der Waals surface area (Å²) in [4.78, 5) is 40.9. The molecule has 8 heteroatoms. The highest BCUT2D eigenvalue weighted by atomic mass is 16.5. The lowest BCUT2D eigenvalue weighted by atomic mass is 9.85. The van der Waals surface area contributed by atoms with E-state index in [4.69, 9.17) is 14.2 Å². The van der Waals surface area contributed by atoms with Crippen molar-refractivity contribution in [3.8, 4) is 0 Å². The smallest absolute Gasteiger partial charge is 0.309 e. The molecule has 1 rings (SSSR count). The maximum Gasteiger partial charge on any atom is 0.309 e. The summed E-state index contributed by atoms with van der Waals surface area (Å²) in [5.41, 5.74) is -0.734. The summed E-state index contributed by atoms with van der Waals surface area (Å²) in [5.74, 6) is 0.0665. The van der Waals surface area contributed by atoms with Gasteiger partial charge in [0.2, 0.25) is 0 Å². The van der Waals surface area contributed by atoms with Gasteiger partial charge in [0, 0.05) is 0 Å². The first-order chi connectivity index (χ1) is 29.2. The van der Waals surface area contributed by atoms with Gasteiger partial charge in [-0.3, -0.25) is 14.4 Å². The highest BCUT2D eigenvalue weighted by Gasteiger charge is 2.27. The van der Waals surface area contributed by atoms with Gasteiger partial charge in [0.1, 0.15) is 0 Å². The van der Waals surface area contributed by atoms with Crippen molar-refractivity contribution in [2.75, 3.05) is 40.0 Å². The molecule has 0 amide bonds. The summed E-state index contributed by atoms with van der Waals surface area (Å²) in [6.45, 7) is 12.2.